The SMILES string of the molecule is O=C(OCc1ccc([N+](=O)[O-])cc1)c1cccc(N2C(=O)[C@@H]3[C@@H](C2=O)C2(Cl)c4ccccc4C3(Cl)c3ccccc32)c1. The Morgan fingerprint density at radius 2 is 1.29 bits per heavy atom. The van der Waals surface area contributed by atoms with Crippen LogP contribution in [0, 0.1) is 22.0 Å². The lowest BCUT2D eigenvalue weighted by molar-refractivity contribution is -0.384. The van der Waals surface area contributed by atoms with Crippen LogP contribution in [0.1, 0.15) is 38.2 Å². The average molecular weight is 599 g/mol. The number of carbonyl (C=O) groups is 3. The largest absolute Gasteiger partial charge is 0.457 e. The fourth-order valence-electron chi connectivity index (χ4n) is 6.64. The topological polar surface area (TPSA) is 107 Å². The molecular weight excluding hydrogens is 579 g/mol. The van der Waals surface area contributed by atoms with Crippen molar-refractivity contribution in [1.82, 2.24) is 0 Å². The summed E-state index contributed by atoms with van der Waals surface area (Å²) in [6, 6.07) is 26.5. The van der Waals surface area contributed by atoms with Gasteiger partial charge in [0.2, 0.25) is 11.8 Å². The number of nitrogens with zero attached hydrogens (tertiary/aromatic N) is 2. The Morgan fingerprint density at radius 3 is 1.76 bits per heavy atom. The summed E-state index contributed by atoms with van der Waals surface area (Å²) in [6.45, 7) is -0.118. The Bertz CT molecular complexity index is 1720. The molecule has 0 saturated carbocycles. The molecule has 4 aromatic carbocycles. The van der Waals surface area contributed by atoms with Crippen molar-refractivity contribution in [1.29, 1.82) is 0 Å². The Kier molecular flexibility index (Phi) is 5.80. The summed E-state index contributed by atoms with van der Waals surface area (Å²) in [4.78, 5) is 50.1. The van der Waals surface area contributed by atoms with E-state index in [-0.39, 0.29) is 23.5 Å². The van der Waals surface area contributed by atoms with Crippen molar-refractivity contribution in [2.24, 2.45) is 11.8 Å². The highest BCUT2D eigenvalue weighted by Crippen LogP contribution is 2.69. The van der Waals surface area contributed by atoms with Crippen LogP contribution >= 0.6 is 23.2 Å². The summed E-state index contributed by atoms with van der Waals surface area (Å²) in [5.74, 6) is -3.61. The molecule has 8 nitrogen and oxygen atoms in total. The van der Waals surface area contributed by atoms with Gasteiger partial charge >= 0.3 is 5.97 Å². The Morgan fingerprint density at radius 1 is 0.786 bits per heavy atom. The van der Waals surface area contributed by atoms with Crippen molar-refractivity contribution < 1.29 is 24.0 Å². The molecule has 1 aliphatic heterocycles. The number of ether oxygens (including phenoxy) is 1. The first kappa shape index (κ1) is 26.4. The normalized spacial score (nSPS) is 25.0. The third-order valence-electron chi connectivity index (χ3n) is 8.44. The van der Waals surface area contributed by atoms with Gasteiger partial charge in [-0.15, -0.1) is 23.2 Å². The number of anilines is 1. The van der Waals surface area contributed by atoms with Crippen LogP contribution < -0.4 is 4.90 Å². The quantitative estimate of drug-likeness (QED) is 0.0910. The lowest BCUT2D eigenvalue weighted by atomic mass is 9.54. The number of alkyl halides is 2. The Labute approximate surface area is 249 Å². The Hall–Kier alpha value is -4.53. The second-order valence-corrected chi connectivity index (χ2v) is 11.7. The maximum absolute atomic E-state index is 14.2. The first-order valence-corrected chi connectivity index (χ1v) is 13.9. The molecule has 1 saturated heterocycles. The van der Waals surface area contributed by atoms with Gasteiger partial charge in [0.15, 0.2) is 0 Å². The van der Waals surface area contributed by atoms with E-state index in [0.717, 1.165) is 4.90 Å². The summed E-state index contributed by atoms with van der Waals surface area (Å²) in [6.07, 6.45) is 0. The highest BCUT2D eigenvalue weighted by molar-refractivity contribution is 6.38. The van der Waals surface area contributed by atoms with Gasteiger partial charge in [-0.2, -0.15) is 0 Å². The Balaban J connectivity index is 1.22. The molecule has 4 aliphatic rings. The second kappa shape index (κ2) is 9.24. The monoisotopic (exact) mass is 598 g/mol. The van der Waals surface area contributed by atoms with Gasteiger partial charge in [0.05, 0.1) is 28.0 Å². The number of hydrogen-bond acceptors (Lipinski definition) is 6. The van der Waals surface area contributed by atoms with Gasteiger partial charge < -0.3 is 4.74 Å². The summed E-state index contributed by atoms with van der Waals surface area (Å²) >= 11 is 14.9. The molecule has 3 aliphatic carbocycles. The predicted molar refractivity (Wildman–Crippen MR) is 154 cm³/mol. The number of hydrogen-bond donors (Lipinski definition) is 0. The highest BCUT2D eigenvalue weighted by atomic mass is 35.5. The molecular formula is C32H20Cl2N2O6. The smallest absolute Gasteiger partial charge is 0.338 e. The number of halogens is 2. The fraction of sp³-hybridized carbons (Fsp3) is 0.156. The molecule has 4 aromatic rings. The number of nitro groups is 1. The van der Waals surface area contributed by atoms with E-state index in [1.165, 1.54) is 36.4 Å². The van der Waals surface area contributed by atoms with Crippen molar-refractivity contribution in [2.45, 2.75) is 16.4 Å². The first-order valence-electron chi connectivity index (χ1n) is 13.1. The van der Waals surface area contributed by atoms with Crippen molar-refractivity contribution in [3.05, 3.63) is 141 Å². The predicted octanol–water partition coefficient (Wildman–Crippen LogP) is 6.05. The van der Waals surface area contributed by atoms with Gasteiger partial charge in [-0.05, 0) is 58.1 Å². The van der Waals surface area contributed by atoms with Crippen LogP contribution in [-0.4, -0.2) is 22.7 Å². The zero-order chi connectivity index (χ0) is 29.4. The van der Waals surface area contributed by atoms with Crippen molar-refractivity contribution in [3.63, 3.8) is 0 Å². The van der Waals surface area contributed by atoms with Crippen LogP contribution in [0.4, 0.5) is 11.4 Å². The molecule has 0 radical (unpaired) electrons. The molecule has 2 bridgehead atoms. The molecule has 0 unspecified atom stereocenters. The van der Waals surface area contributed by atoms with Crippen LogP contribution in [0.25, 0.3) is 0 Å². The van der Waals surface area contributed by atoms with Gasteiger partial charge in [0.25, 0.3) is 5.69 Å². The molecule has 8 rings (SSSR count). The summed E-state index contributed by atoms with van der Waals surface area (Å²) < 4.78 is 5.40. The maximum atomic E-state index is 14.2. The third kappa shape index (κ3) is 3.45. The van der Waals surface area contributed by atoms with Crippen LogP contribution in [-0.2, 0) is 30.7 Å². The van der Waals surface area contributed by atoms with Gasteiger partial charge in [0, 0.05) is 12.1 Å². The van der Waals surface area contributed by atoms with Gasteiger partial charge in [-0.25, -0.2) is 9.69 Å². The number of non-ortho nitro benzene ring substituents is 1. The maximum Gasteiger partial charge on any atom is 0.338 e. The molecule has 42 heavy (non-hydrogen) atoms. The van der Waals surface area contributed by atoms with E-state index in [1.807, 2.05) is 48.5 Å². The van der Waals surface area contributed by atoms with Gasteiger partial charge in [-0.3, -0.25) is 19.7 Å². The number of amides is 2. The molecule has 1 heterocycles. The molecule has 10 heteroatoms. The van der Waals surface area contributed by atoms with E-state index in [2.05, 4.69) is 0 Å². The van der Waals surface area contributed by atoms with Crippen LogP contribution in [0.2, 0.25) is 0 Å². The first-order chi connectivity index (χ1) is 20.2. The van der Waals surface area contributed by atoms with Crippen LogP contribution in [0.15, 0.2) is 97.1 Å². The lowest BCUT2D eigenvalue weighted by Crippen LogP contribution is -2.57. The second-order valence-electron chi connectivity index (χ2n) is 10.5. The molecule has 2 amide bonds. The average Bonchev–Trinajstić information content (AvgIpc) is 3.29. The summed E-state index contributed by atoms with van der Waals surface area (Å²) in [5, 5.41) is 10.9. The van der Waals surface area contributed by atoms with E-state index in [1.54, 1.807) is 12.1 Å². The van der Waals surface area contributed by atoms with Crippen molar-refractivity contribution in [2.75, 3.05) is 4.90 Å². The third-order valence-corrected chi connectivity index (χ3v) is 9.73. The molecule has 0 aromatic heterocycles. The minimum atomic E-state index is -1.31. The molecule has 2 atom stereocenters. The van der Waals surface area contributed by atoms with Gasteiger partial charge in [-0.1, -0.05) is 54.6 Å². The van der Waals surface area contributed by atoms with E-state index in [9.17, 15) is 24.5 Å². The zero-order valence-electron chi connectivity index (χ0n) is 21.7. The number of carbonyl (C=O) groups excluding carboxylic acids is 3. The van der Waals surface area contributed by atoms with E-state index in [0.29, 0.717) is 27.8 Å². The minimum absolute atomic E-state index is 0.0737. The van der Waals surface area contributed by atoms with Crippen LogP contribution in [0.3, 0.4) is 0 Å². The molecule has 0 spiro atoms. The zero-order valence-corrected chi connectivity index (χ0v) is 23.2. The van der Waals surface area contributed by atoms with Gasteiger partial charge in [0.1, 0.15) is 16.4 Å². The number of imide groups is 1. The number of nitro benzene ring substituents is 1. The molecule has 1 fully saturated rings. The van der Waals surface area contributed by atoms with Crippen molar-refractivity contribution in [3.8, 4) is 0 Å². The van der Waals surface area contributed by atoms with E-state index < -0.39 is 44.3 Å². The van der Waals surface area contributed by atoms with Crippen molar-refractivity contribution >= 4 is 52.4 Å². The van der Waals surface area contributed by atoms with E-state index >= 15 is 0 Å². The number of esters is 1. The minimum Gasteiger partial charge on any atom is -0.457 e. The standard InChI is InChI=1S/C32H20Cl2N2O6/c33-31-22-8-1-2-9-23(22)32(34,25-11-4-3-10-24(25)31)27-26(31)28(37)35(29(27)38)21-7-5-6-19(16-21)30(39)42-17-18-12-14-20(15-13-18)36(40)41/h1-16,26-27H,17H2/t26-,27-,31?,32?/m0/s1. The summed E-state index contributed by atoms with van der Waals surface area (Å²) in [5.41, 5.74) is 3.63. The molecule has 0 N–H and O–H groups in total. The fourth-order valence-corrected chi connectivity index (χ4v) is 7.74. The van der Waals surface area contributed by atoms with E-state index in [4.69, 9.17) is 27.9 Å². The number of benzene rings is 4. The molecule has 208 valence electrons. The lowest BCUT2D eigenvalue weighted by Gasteiger charge is -2.54. The number of rotatable bonds is 5. The highest BCUT2D eigenvalue weighted by Gasteiger charge is 2.73. The summed E-state index contributed by atoms with van der Waals surface area (Å²) in [7, 11) is 0. The van der Waals surface area contributed by atoms with Crippen LogP contribution in [0.5, 0.6) is 0 Å².